The number of rotatable bonds is 7. The molecule has 1 atom stereocenters. The molecule has 0 aliphatic carbocycles. The van der Waals surface area contributed by atoms with Crippen molar-refractivity contribution in [3.05, 3.63) is 104 Å². The highest BCUT2D eigenvalue weighted by atomic mass is 35.5. The predicted octanol–water partition coefficient (Wildman–Crippen LogP) is 9.32. The van der Waals surface area contributed by atoms with Crippen molar-refractivity contribution in [1.82, 2.24) is 24.9 Å². The van der Waals surface area contributed by atoms with E-state index in [-0.39, 0.29) is 28.5 Å². The van der Waals surface area contributed by atoms with Crippen LogP contribution in [0.25, 0.3) is 10.9 Å². The number of pyridine rings is 1. The minimum absolute atomic E-state index is 0.111. The first-order chi connectivity index (χ1) is 22.4. The molecule has 0 bridgehead atoms. The molecular formula is C34H31Cl3F2N8. The Bertz CT molecular complexity index is 1980. The molecule has 0 spiro atoms. The first kappa shape index (κ1) is 32.9. The maximum atomic E-state index is 14.9. The van der Waals surface area contributed by atoms with Crippen LogP contribution in [0.4, 0.5) is 25.8 Å². The quantitative estimate of drug-likeness (QED) is 0.164. The van der Waals surface area contributed by atoms with Crippen LogP contribution in [0.3, 0.4) is 0 Å². The van der Waals surface area contributed by atoms with Gasteiger partial charge < -0.3 is 10.6 Å². The van der Waals surface area contributed by atoms with Gasteiger partial charge in [0.15, 0.2) is 5.82 Å². The van der Waals surface area contributed by atoms with E-state index in [1.165, 1.54) is 12.3 Å². The highest BCUT2D eigenvalue weighted by molar-refractivity contribution is 6.32. The maximum absolute atomic E-state index is 14.9. The monoisotopic (exact) mass is 694 g/mol. The van der Waals surface area contributed by atoms with Gasteiger partial charge in [-0.2, -0.15) is 5.26 Å². The zero-order valence-corrected chi connectivity index (χ0v) is 28.1. The van der Waals surface area contributed by atoms with Crippen LogP contribution < -0.4 is 10.6 Å². The van der Waals surface area contributed by atoms with Crippen molar-refractivity contribution in [2.45, 2.75) is 51.2 Å². The number of aromatic nitrogens is 4. The smallest absolute Gasteiger partial charge is 0.168 e. The predicted molar refractivity (Wildman–Crippen MR) is 183 cm³/mol. The molecule has 0 saturated carbocycles. The van der Waals surface area contributed by atoms with Gasteiger partial charge in [0.25, 0.3) is 0 Å². The van der Waals surface area contributed by atoms with Gasteiger partial charge in [0.2, 0.25) is 0 Å². The summed E-state index contributed by atoms with van der Waals surface area (Å²) < 4.78 is 30.8. The summed E-state index contributed by atoms with van der Waals surface area (Å²) in [5.74, 6) is -1.89. The molecule has 0 unspecified atom stereocenters. The first-order valence-corrected chi connectivity index (χ1v) is 16.2. The van der Waals surface area contributed by atoms with Gasteiger partial charge in [-0.25, -0.2) is 13.5 Å². The summed E-state index contributed by atoms with van der Waals surface area (Å²) in [6, 6.07) is 14.8. The van der Waals surface area contributed by atoms with Gasteiger partial charge in [0, 0.05) is 40.3 Å². The minimum atomic E-state index is -0.990. The van der Waals surface area contributed by atoms with Crippen LogP contribution in [0.15, 0.2) is 60.9 Å². The molecule has 8 nitrogen and oxygen atoms in total. The number of nitrogens with one attached hydrogen (secondary N) is 2. The number of piperidine rings is 1. The lowest BCUT2D eigenvalue weighted by molar-refractivity contribution is 0.0866. The van der Waals surface area contributed by atoms with Gasteiger partial charge in [-0.3, -0.25) is 9.88 Å². The molecule has 1 fully saturated rings. The number of hydrogen-bond acceptors (Lipinski definition) is 7. The highest BCUT2D eigenvalue weighted by Gasteiger charge is 2.29. The van der Waals surface area contributed by atoms with Crippen LogP contribution in [0, 0.1) is 23.0 Å². The Morgan fingerprint density at radius 2 is 1.70 bits per heavy atom. The van der Waals surface area contributed by atoms with E-state index in [4.69, 9.17) is 34.8 Å². The standard InChI is InChI=1S/C34H31Cl3F2N8/c1-34(2,3)46-12-10-23(11-13-46)47-18-28(44-45-47)32(19-4-6-21(35)7-5-19)43-27-15-22(36)14-24-31(20(16-40)17-41-33(24)27)42-26-9-8-25(38)29(37)30(26)39/h4-9,14-15,17-18,23,32,43H,10-13H2,1-3H3,(H,41,42)/t32-/m0/s1. The van der Waals surface area contributed by atoms with E-state index < -0.39 is 22.7 Å². The fourth-order valence-corrected chi connectivity index (χ4v) is 6.40. The van der Waals surface area contributed by atoms with E-state index in [2.05, 4.69) is 57.7 Å². The number of hydrogen-bond donors (Lipinski definition) is 2. The van der Waals surface area contributed by atoms with Gasteiger partial charge in [-0.1, -0.05) is 52.1 Å². The summed E-state index contributed by atoms with van der Waals surface area (Å²) in [5, 5.41) is 26.2. The van der Waals surface area contributed by atoms with Crippen molar-refractivity contribution in [3.63, 3.8) is 0 Å². The van der Waals surface area contributed by atoms with Crippen molar-refractivity contribution < 1.29 is 8.78 Å². The van der Waals surface area contributed by atoms with Crippen LogP contribution in [0.2, 0.25) is 15.1 Å². The molecule has 47 heavy (non-hydrogen) atoms. The van der Waals surface area contributed by atoms with E-state index in [0.717, 1.165) is 37.6 Å². The van der Waals surface area contributed by atoms with E-state index in [0.29, 0.717) is 32.3 Å². The third kappa shape index (κ3) is 6.85. The molecule has 2 aromatic heterocycles. The normalized spacial score (nSPS) is 15.0. The van der Waals surface area contributed by atoms with E-state index in [1.54, 1.807) is 24.3 Å². The topological polar surface area (TPSA) is 94.7 Å². The molecular weight excluding hydrogens is 665 g/mol. The fraction of sp³-hybridized carbons (Fsp3) is 0.294. The number of nitrogens with zero attached hydrogens (tertiary/aromatic N) is 6. The summed E-state index contributed by atoms with van der Waals surface area (Å²) in [4.78, 5) is 7.06. The number of likely N-dealkylation sites (tertiary alicyclic amines) is 1. The Hall–Kier alpha value is -4.01. The highest BCUT2D eigenvalue weighted by Crippen LogP contribution is 2.39. The van der Waals surface area contributed by atoms with E-state index in [9.17, 15) is 14.0 Å². The molecule has 3 aromatic carbocycles. The Kier molecular flexibility index (Phi) is 9.27. The van der Waals surface area contributed by atoms with Crippen LogP contribution in [-0.2, 0) is 0 Å². The number of nitriles is 1. The van der Waals surface area contributed by atoms with Crippen LogP contribution in [0.1, 0.15) is 62.5 Å². The fourth-order valence-electron chi connectivity index (χ4n) is 5.90. The van der Waals surface area contributed by atoms with Crippen LogP contribution in [0.5, 0.6) is 0 Å². The van der Waals surface area contributed by atoms with Crippen LogP contribution >= 0.6 is 34.8 Å². The Morgan fingerprint density at radius 1 is 0.979 bits per heavy atom. The van der Waals surface area contributed by atoms with Crippen molar-refractivity contribution >= 4 is 62.8 Å². The first-order valence-electron chi connectivity index (χ1n) is 15.0. The zero-order chi connectivity index (χ0) is 33.5. The number of halogens is 5. The molecule has 1 saturated heterocycles. The molecule has 6 rings (SSSR count). The second-order valence-corrected chi connectivity index (χ2v) is 13.7. The van der Waals surface area contributed by atoms with Crippen molar-refractivity contribution in [3.8, 4) is 6.07 Å². The lowest BCUT2D eigenvalue weighted by Crippen LogP contribution is -2.46. The van der Waals surface area contributed by atoms with Gasteiger partial charge in [-0.05, 0) is 75.6 Å². The lowest BCUT2D eigenvalue weighted by atomic mass is 9.98. The van der Waals surface area contributed by atoms with Crippen molar-refractivity contribution in [2.24, 2.45) is 0 Å². The van der Waals surface area contributed by atoms with Crippen LogP contribution in [-0.4, -0.2) is 43.5 Å². The van der Waals surface area contributed by atoms with Gasteiger partial charge in [0.05, 0.1) is 46.4 Å². The molecule has 5 aromatic rings. The Morgan fingerprint density at radius 3 is 2.38 bits per heavy atom. The molecule has 1 aliphatic heterocycles. The van der Waals surface area contributed by atoms with E-state index >= 15 is 0 Å². The molecule has 13 heteroatoms. The third-order valence-electron chi connectivity index (χ3n) is 8.47. The van der Waals surface area contributed by atoms with E-state index in [1.807, 2.05) is 23.0 Å². The number of anilines is 3. The molecule has 0 amide bonds. The third-order valence-corrected chi connectivity index (χ3v) is 9.28. The summed E-state index contributed by atoms with van der Waals surface area (Å²) in [5.41, 5.74) is 2.88. The number of fused-ring (bicyclic) bond motifs is 1. The number of benzene rings is 3. The summed E-state index contributed by atoms with van der Waals surface area (Å²) in [6.07, 6.45) is 5.26. The summed E-state index contributed by atoms with van der Waals surface area (Å²) >= 11 is 18.7. The van der Waals surface area contributed by atoms with Gasteiger partial charge in [0.1, 0.15) is 22.6 Å². The average molecular weight is 696 g/mol. The second-order valence-electron chi connectivity index (χ2n) is 12.5. The van der Waals surface area contributed by atoms with Crippen molar-refractivity contribution in [1.29, 1.82) is 5.26 Å². The van der Waals surface area contributed by atoms with Crippen molar-refractivity contribution in [2.75, 3.05) is 23.7 Å². The molecule has 2 N–H and O–H groups in total. The molecule has 0 radical (unpaired) electrons. The van der Waals surface area contributed by atoms with Gasteiger partial charge >= 0.3 is 0 Å². The molecule has 242 valence electrons. The zero-order valence-electron chi connectivity index (χ0n) is 25.8. The summed E-state index contributed by atoms with van der Waals surface area (Å²) in [7, 11) is 0. The average Bonchev–Trinajstić information content (AvgIpc) is 3.54. The molecule has 1 aliphatic rings. The Labute approximate surface area is 286 Å². The minimum Gasteiger partial charge on any atom is -0.371 e. The SMILES string of the molecule is CC(C)(C)N1CCC(n2cc([C@@H](Nc3cc(Cl)cc4c(Nc5ccc(F)c(Cl)c5F)c(C#N)cnc34)c3ccc(Cl)cc3)nn2)CC1. The Balaban J connectivity index is 1.39. The summed E-state index contributed by atoms with van der Waals surface area (Å²) in [6.45, 7) is 8.63. The second kappa shape index (κ2) is 13.2. The largest absolute Gasteiger partial charge is 0.371 e. The van der Waals surface area contributed by atoms with Gasteiger partial charge in [-0.15, -0.1) is 5.10 Å². The maximum Gasteiger partial charge on any atom is 0.168 e. The lowest BCUT2D eigenvalue weighted by Gasteiger charge is -2.40. The molecule has 3 heterocycles.